The molecule has 0 bridgehead atoms. The highest BCUT2D eigenvalue weighted by Crippen LogP contribution is 2.14. The van der Waals surface area contributed by atoms with Gasteiger partial charge in [0.25, 0.3) is 0 Å². The highest BCUT2D eigenvalue weighted by molar-refractivity contribution is 4.59. The topological polar surface area (TPSA) is 35.2 Å². The Hall–Kier alpha value is -0.0800. The van der Waals surface area contributed by atoms with Crippen LogP contribution in [0.4, 0.5) is 0 Å². The third-order valence-electron chi connectivity index (χ3n) is 4.54. The van der Waals surface area contributed by atoms with E-state index in [1.165, 1.54) is 89.9 Å². The minimum absolute atomic E-state index is 0.294. The molecule has 134 valence electrons. The van der Waals surface area contributed by atoms with Crippen molar-refractivity contribution in [3.05, 3.63) is 0 Å². The Morgan fingerprint density at radius 3 is 1.41 bits per heavy atom. The van der Waals surface area contributed by atoms with Crippen molar-refractivity contribution >= 4 is 0 Å². The number of hydrogen-bond donors (Lipinski definition) is 1. The molecule has 0 spiro atoms. The minimum Gasteiger partial charge on any atom is -0.377 e. The number of ether oxygens (including phenoxy) is 1. The summed E-state index contributed by atoms with van der Waals surface area (Å²) in [5.41, 5.74) is 5.69. The zero-order chi connectivity index (χ0) is 16.3. The standard InChI is InChI=1S/C20H43NO/c1-3-5-6-7-8-9-10-11-12-13-14-15-16-17-18-20(19-21)22-4-2/h20H,3-19,21H2,1-2H3. The van der Waals surface area contributed by atoms with Crippen molar-refractivity contribution in [2.24, 2.45) is 5.73 Å². The van der Waals surface area contributed by atoms with Crippen molar-refractivity contribution in [2.45, 2.75) is 116 Å². The lowest BCUT2D eigenvalue weighted by molar-refractivity contribution is 0.0611. The Balaban J connectivity index is 3.08. The van der Waals surface area contributed by atoms with Crippen LogP contribution in [0.15, 0.2) is 0 Å². The van der Waals surface area contributed by atoms with E-state index in [-0.39, 0.29) is 0 Å². The van der Waals surface area contributed by atoms with Gasteiger partial charge in [0.15, 0.2) is 0 Å². The Morgan fingerprint density at radius 1 is 0.636 bits per heavy atom. The van der Waals surface area contributed by atoms with Crippen LogP contribution in [0.2, 0.25) is 0 Å². The molecule has 0 saturated heterocycles. The van der Waals surface area contributed by atoms with E-state index >= 15 is 0 Å². The van der Waals surface area contributed by atoms with Gasteiger partial charge < -0.3 is 10.5 Å². The van der Waals surface area contributed by atoms with Crippen molar-refractivity contribution in [1.82, 2.24) is 0 Å². The van der Waals surface area contributed by atoms with Crippen LogP contribution in [0.25, 0.3) is 0 Å². The fourth-order valence-electron chi connectivity index (χ4n) is 3.07. The van der Waals surface area contributed by atoms with Gasteiger partial charge >= 0.3 is 0 Å². The first-order valence-corrected chi connectivity index (χ1v) is 10.2. The van der Waals surface area contributed by atoms with Crippen LogP contribution in [0.5, 0.6) is 0 Å². The molecule has 0 aromatic rings. The Morgan fingerprint density at radius 2 is 1.05 bits per heavy atom. The van der Waals surface area contributed by atoms with Gasteiger partial charge in [-0.3, -0.25) is 0 Å². The molecule has 0 radical (unpaired) electrons. The van der Waals surface area contributed by atoms with E-state index < -0.39 is 0 Å². The Bertz CT molecular complexity index is 196. The van der Waals surface area contributed by atoms with Crippen molar-refractivity contribution in [2.75, 3.05) is 13.2 Å². The zero-order valence-electron chi connectivity index (χ0n) is 15.6. The van der Waals surface area contributed by atoms with Gasteiger partial charge in [0.1, 0.15) is 0 Å². The van der Waals surface area contributed by atoms with E-state index in [0.29, 0.717) is 12.6 Å². The van der Waals surface area contributed by atoms with Crippen LogP contribution in [-0.4, -0.2) is 19.3 Å². The first kappa shape index (κ1) is 21.9. The van der Waals surface area contributed by atoms with E-state index in [9.17, 15) is 0 Å². The summed E-state index contributed by atoms with van der Waals surface area (Å²) in [6.45, 7) is 5.80. The van der Waals surface area contributed by atoms with Gasteiger partial charge in [-0.1, -0.05) is 96.8 Å². The molecule has 2 nitrogen and oxygen atoms in total. The van der Waals surface area contributed by atoms with E-state index in [1.54, 1.807) is 0 Å². The molecule has 22 heavy (non-hydrogen) atoms. The van der Waals surface area contributed by atoms with E-state index in [2.05, 4.69) is 6.92 Å². The van der Waals surface area contributed by atoms with Crippen LogP contribution < -0.4 is 5.73 Å². The summed E-state index contributed by atoms with van der Waals surface area (Å²) in [4.78, 5) is 0. The molecule has 0 rings (SSSR count). The van der Waals surface area contributed by atoms with Crippen LogP contribution in [-0.2, 0) is 4.74 Å². The van der Waals surface area contributed by atoms with E-state index in [4.69, 9.17) is 10.5 Å². The maximum Gasteiger partial charge on any atom is 0.0697 e. The fourth-order valence-corrected chi connectivity index (χ4v) is 3.07. The number of nitrogens with two attached hydrogens (primary N) is 1. The highest BCUT2D eigenvalue weighted by Gasteiger charge is 2.04. The SMILES string of the molecule is CCCCCCCCCCCCCCCCC(CN)OCC. The molecule has 0 saturated carbocycles. The molecule has 1 atom stereocenters. The van der Waals surface area contributed by atoms with Crippen LogP contribution in [0.1, 0.15) is 110 Å². The van der Waals surface area contributed by atoms with Crippen molar-refractivity contribution in [1.29, 1.82) is 0 Å². The fraction of sp³-hybridized carbons (Fsp3) is 1.00. The third-order valence-corrected chi connectivity index (χ3v) is 4.54. The smallest absolute Gasteiger partial charge is 0.0697 e. The molecule has 2 heteroatoms. The second-order valence-electron chi connectivity index (χ2n) is 6.70. The lowest BCUT2D eigenvalue weighted by atomic mass is 10.0. The molecule has 0 aromatic carbocycles. The lowest BCUT2D eigenvalue weighted by Crippen LogP contribution is -2.23. The summed E-state index contributed by atoms with van der Waals surface area (Å²) in [7, 11) is 0. The molecule has 1 unspecified atom stereocenters. The number of hydrogen-bond acceptors (Lipinski definition) is 2. The molecule has 0 amide bonds. The molecule has 0 heterocycles. The summed E-state index contributed by atoms with van der Waals surface area (Å²) in [5.74, 6) is 0. The second kappa shape index (κ2) is 19.0. The zero-order valence-corrected chi connectivity index (χ0v) is 15.6. The van der Waals surface area contributed by atoms with Gasteiger partial charge in [0, 0.05) is 13.2 Å². The molecular weight excluding hydrogens is 270 g/mol. The van der Waals surface area contributed by atoms with Crippen LogP contribution >= 0.6 is 0 Å². The van der Waals surface area contributed by atoms with E-state index in [1.807, 2.05) is 6.92 Å². The van der Waals surface area contributed by atoms with Crippen LogP contribution in [0.3, 0.4) is 0 Å². The van der Waals surface area contributed by atoms with Gasteiger partial charge in [0.05, 0.1) is 6.10 Å². The first-order chi connectivity index (χ1) is 10.8. The predicted octanol–water partition coefficient (Wildman–Crippen LogP) is 6.22. The van der Waals surface area contributed by atoms with Crippen molar-refractivity contribution in [3.63, 3.8) is 0 Å². The summed E-state index contributed by atoms with van der Waals surface area (Å²) >= 11 is 0. The van der Waals surface area contributed by atoms with Gasteiger partial charge in [-0.15, -0.1) is 0 Å². The molecule has 2 N–H and O–H groups in total. The quantitative estimate of drug-likeness (QED) is 0.305. The first-order valence-electron chi connectivity index (χ1n) is 10.2. The summed E-state index contributed by atoms with van der Waals surface area (Å²) in [6, 6.07) is 0. The summed E-state index contributed by atoms with van der Waals surface area (Å²) in [6.07, 6.45) is 21.3. The molecule has 0 aromatic heterocycles. The largest absolute Gasteiger partial charge is 0.377 e. The third kappa shape index (κ3) is 16.3. The van der Waals surface area contributed by atoms with Gasteiger partial charge in [-0.25, -0.2) is 0 Å². The van der Waals surface area contributed by atoms with Crippen LogP contribution in [0, 0.1) is 0 Å². The molecule has 0 aliphatic heterocycles. The maximum atomic E-state index is 5.69. The average molecular weight is 314 g/mol. The molecule has 0 aliphatic carbocycles. The Labute approximate surface area is 140 Å². The maximum absolute atomic E-state index is 5.69. The van der Waals surface area contributed by atoms with E-state index in [0.717, 1.165) is 13.0 Å². The van der Waals surface area contributed by atoms with Gasteiger partial charge in [0.2, 0.25) is 0 Å². The van der Waals surface area contributed by atoms with Crippen molar-refractivity contribution < 1.29 is 4.74 Å². The number of rotatable bonds is 18. The average Bonchev–Trinajstić information content (AvgIpc) is 2.54. The Kier molecular flexibility index (Phi) is 18.9. The summed E-state index contributed by atoms with van der Waals surface area (Å²) < 4.78 is 5.58. The molecular formula is C20H43NO. The van der Waals surface area contributed by atoms with Gasteiger partial charge in [-0.2, -0.15) is 0 Å². The molecule has 0 fully saturated rings. The predicted molar refractivity (Wildman–Crippen MR) is 99.4 cm³/mol. The normalized spacial score (nSPS) is 12.7. The second-order valence-corrected chi connectivity index (χ2v) is 6.70. The lowest BCUT2D eigenvalue weighted by Gasteiger charge is -2.14. The number of unbranched alkanes of at least 4 members (excludes halogenated alkanes) is 13. The molecule has 0 aliphatic rings. The monoisotopic (exact) mass is 313 g/mol. The van der Waals surface area contributed by atoms with Gasteiger partial charge in [-0.05, 0) is 13.3 Å². The van der Waals surface area contributed by atoms with Crippen molar-refractivity contribution in [3.8, 4) is 0 Å². The minimum atomic E-state index is 0.294. The highest BCUT2D eigenvalue weighted by atomic mass is 16.5. The summed E-state index contributed by atoms with van der Waals surface area (Å²) in [5, 5.41) is 0.